The minimum Gasteiger partial charge on any atom is -0.406 e. The molecule has 1 unspecified atom stereocenters. The molecular weight excluding hydrogens is 333 g/mol. The van der Waals surface area contributed by atoms with E-state index in [1.54, 1.807) is 0 Å². The van der Waals surface area contributed by atoms with Gasteiger partial charge in [0, 0.05) is 6.54 Å². The molecule has 0 saturated carbocycles. The third kappa shape index (κ3) is 5.28. The predicted octanol–water partition coefficient (Wildman–Crippen LogP) is 3.16. The summed E-state index contributed by atoms with van der Waals surface area (Å²) in [5, 5.41) is 6.07. The molecule has 1 amide bonds. The zero-order valence-corrected chi connectivity index (χ0v) is 13.5. The van der Waals surface area contributed by atoms with Gasteiger partial charge in [0.05, 0.1) is 5.54 Å². The van der Waals surface area contributed by atoms with E-state index in [9.17, 15) is 18.0 Å². The maximum Gasteiger partial charge on any atom is 0.573 e. The molecule has 2 N–H and O–H groups in total. The lowest BCUT2D eigenvalue weighted by Gasteiger charge is -2.26. The van der Waals surface area contributed by atoms with Gasteiger partial charge in [-0.05, 0) is 43.5 Å². The number of benzene rings is 1. The summed E-state index contributed by atoms with van der Waals surface area (Å²) >= 11 is 0. The second kappa shape index (κ2) is 7.88. The summed E-state index contributed by atoms with van der Waals surface area (Å²) in [6, 6.07) is 5.47. The largest absolute Gasteiger partial charge is 0.573 e. The Morgan fingerprint density at radius 1 is 1.35 bits per heavy atom. The predicted molar refractivity (Wildman–Crippen MR) is 82.5 cm³/mol. The molecule has 23 heavy (non-hydrogen) atoms. The van der Waals surface area contributed by atoms with Gasteiger partial charge in [-0.2, -0.15) is 0 Å². The molecule has 1 aliphatic rings. The van der Waals surface area contributed by atoms with E-state index in [0.29, 0.717) is 12.0 Å². The maximum atomic E-state index is 12.3. The summed E-state index contributed by atoms with van der Waals surface area (Å²) < 4.78 is 40.0. The van der Waals surface area contributed by atoms with Gasteiger partial charge in [0.2, 0.25) is 5.91 Å². The summed E-state index contributed by atoms with van der Waals surface area (Å²) in [6.07, 6.45) is -2.23. The van der Waals surface area contributed by atoms with E-state index in [1.807, 2.05) is 6.92 Å². The second-order valence-electron chi connectivity index (χ2n) is 5.34. The van der Waals surface area contributed by atoms with Crippen LogP contribution >= 0.6 is 12.4 Å². The Balaban J connectivity index is 0.00000264. The number of rotatable bonds is 5. The number of amides is 1. The first-order valence-electron chi connectivity index (χ1n) is 7.23. The minimum atomic E-state index is -4.70. The smallest absolute Gasteiger partial charge is 0.406 e. The summed E-state index contributed by atoms with van der Waals surface area (Å²) in [6.45, 7) is 3.06. The molecule has 8 heteroatoms. The Hall–Kier alpha value is -1.47. The molecule has 1 heterocycles. The van der Waals surface area contributed by atoms with Crippen molar-refractivity contribution < 1.29 is 22.7 Å². The van der Waals surface area contributed by atoms with Gasteiger partial charge in [0.15, 0.2) is 0 Å². The van der Waals surface area contributed by atoms with Crippen molar-refractivity contribution in [2.45, 2.75) is 44.6 Å². The first-order valence-corrected chi connectivity index (χ1v) is 7.23. The molecule has 0 aliphatic carbocycles. The Morgan fingerprint density at radius 3 is 2.48 bits per heavy atom. The SMILES string of the molecule is CCC1(C(=O)NCc2ccc(OC(F)(F)F)cc2)CCCN1.Cl. The van der Waals surface area contributed by atoms with Crippen LogP contribution in [0.15, 0.2) is 24.3 Å². The topological polar surface area (TPSA) is 50.4 Å². The van der Waals surface area contributed by atoms with Crippen LogP contribution in [0.2, 0.25) is 0 Å². The van der Waals surface area contributed by atoms with Gasteiger partial charge in [-0.1, -0.05) is 19.1 Å². The van der Waals surface area contributed by atoms with Crippen molar-refractivity contribution >= 4 is 18.3 Å². The maximum absolute atomic E-state index is 12.3. The van der Waals surface area contributed by atoms with Crippen molar-refractivity contribution in [3.63, 3.8) is 0 Å². The van der Waals surface area contributed by atoms with E-state index in [4.69, 9.17) is 0 Å². The lowest BCUT2D eigenvalue weighted by molar-refractivity contribution is -0.274. The zero-order valence-electron chi connectivity index (χ0n) is 12.7. The fourth-order valence-corrected chi connectivity index (χ4v) is 2.62. The van der Waals surface area contributed by atoms with E-state index in [-0.39, 0.29) is 30.6 Å². The number of carbonyl (C=O) groups is 1. The lowest BCUT2D eigenvalue weighted by Crippen LogP contribution is -2.52. The zero-order chi connectivity index (χ0) is 16.2. The molecule has 1 atom stereocenters. The van der Waals surface area contributed by atoms with E-state index in [2.05, 4.69) is 15.4 Å². The lowest BCUT2D eigenvalue weighted by atomic mass is 9.93. The van der Waals surface area contributed by atoms with Crippen LogP contribution in [0.3, 0.4) is 0 Å². The number of ether oxygens (including phenoxy) is 1. The van der Waals surface area contributed by atoms with Crippen molar-refractivity contribution in [2.24, 2.45) is 0 Å². The number of halogens is 4. The third-order valence-corrected chi connectivity index (χ3v) is 3.89. The van der Waals surface area contributed by atoms with Crippen LogP contribution in [0.1, 0.15) is 31.7 Å². The van der Waals surface area contributed by atoms with Crippen molar-refractivity contribution in [1.82, 2.24) is 10.6 Å². The Kier molecular flexibility index (Phi) is 6.70. The van der Waals surface area contributed by atoms with Crippen LogP contribution in [0.5, 0.6) is 5.75 Å². The van der Waals surface area contributed by atoms with E-state index < -0.39 is 11.9 Å². The summed E-state index contributed by atoms with van der Waals surface area (Å²) in [4.78, 5) is 12.3. The Morgan fingerprint density at radius 2 is 2.00 bits per heavy atom. The first kappa shape index (κ1) is 19.6. The highest BCUT2D eigenvalue weighted by molar-refractivity contribution is 5.86. The second-order valence-corrected chi connectivity index (χ2v) is 5.34. The van der Waals surface area contributed by atoms with Crippen LogP contribution < -0.4 is 15.4 Å². The van der Waals surface area contributed by atoms with Crippen LogP contribution in [0.4, 0.5) is 13.2 Å². The number of alkyl halides is 3. The molecule has 130 valence electrons. The monoisotopic (exact) mass is 352 g/mol. The fourth-order valence-electron chi connectivity index (χ4n) is 2.62. The number of hydrogen-bond donors (Lipinski definition) is 2. The summed E-state index contributed by atoms with van der Waals surface area (Å²) in [7, 11) is 0. The van der Waals surface area contributed by atoms with Gasteiger partial charge in [0.1, 0.15) is 5.75 Å². The highest BCUT2D eigenvalue weighted by Gasteiger charge is 2.38. The molecule has 0 bridgehead atoms. The molecule has 1 saturated heterocycles. The molecular formula is C15H20ClF3N2O2. The first-order chi connectivity index (χ1) is 10.3. The number of nitrogens with one attached hydrogen (secondary N) is 2. The molecule has 1 aromatic rings. The quantitative estimate of drug-likeness (QED) is 0.856. The molecule has 0 spiro atoms. The van der Waals surface area contributed by atoms with Gasteiger partial charge < -0.3 is 15.4 Å². The Labute approximate surface area is 139 Å². The molecule has 4 nitrogen and oxygen atoms in total. The molecule has 0 radical (unpaired) electrons. The van der Waals surface area contributed by atoms with E-state index >= 15 is 0 Å². The van der Waals surface area contributed by atoms with Gasteiger partial charge in [-0.3, -0.25) is 4.79 Å². The average molecular weight is 353 g/mol. The van der Waals surface area contributed by atoms with Crippen LogP contribution in [0, 0.1) is 0 Å². The van der Waals surface area contributed by atoms with Crippen molar-refractivity contribution in [2.75, 3.05) is 6.54 Å². The molecule has 2 rings (SSSR count). The highest BCUT2D eigenvalue weighted by Crippen LogP contribution is 2.24. The molecule has 0 aromatic heterocycles. The Bertz CT molecular complexity index is 514. The normalized spacial score (nSPS) is 20.7. The fraction of sp³-hybridized carbons (Fsp3) is 0.533. The standard InChI is InChI=1S/C15H19F3N2O2.ClH/c1-2-14(8-3-9-20-14)13(21)19-10-11-4-6-12(7-5-11)22-15(16,17)18;/h4-7,20H,2-3,8-10H2,1H3,(H,19,21);1H. The number of carbonyl (C=O) groups excluding carboxylic acids is 1. The molecule has 1 fully saturated rings. The van der Waals surface area contributed by atoms with Gasteiger partial charge in [-0.25, -0.2) is 0 Å². The summed E-state index contributed by atoms with van der Waals surface area (Å²) in [5.74, 6) is -0.340. The van der Waals surface area contributed by atoms with Crippen molar-refractivity contribution in [3.05, 3.63) is 29.8 Å². The van der Waals surface area contributed by atoms with Gasteiger partial charge in [0.25, 0.3) is 0 Å². The van der Waals surface area contributed by atoms with Gasteiger partial charge >= 0.3 is 6.36 Å². The minimum absolute atomic E-state index is 0. The summed E-state index contributed by atoms with van der Waals surface area (Å²) in [5.41, 5.74) is 0.200. The van der Waals surface area contributed by atoms with E-state index in [1.165, 1.54) is 24.3 Å². The van der Waals surface area contributed by atoms with Crippen molar-refractivity contribution in [1.29, 1.82) is 0 Å². The van der Waals surface area contributed by atoms with E-state index in [0.717, 1.165) is 19.4 Å². The number of hydrogen-bond acceptors (Lipinski definition) is 3. The van der Waals surface area contributed by atoms with Crippen molar-refractivity contribution in [3.8, 4) is 5.75 Å². The van der Waals surface area contributed by atoms with Gasteiger partial charge in [-0.15, -0.1) is 25.6 Å². The van der Waals surface area contributed by atoms with Crippen LogP contribution in [-0.4, -0.2) is 24.4 Å². The third-order valence-electron chi connectivity index (χ3n) is 3.89. The molecule has 1 aliphatic heterocycles. The van der Waals surface area contributed by atoms with Crippen LogP contribution in [0.25, 0.3) is 0 Å². The average Bonchev–Trinajstić information content (AvgIpc) is 2.95. The highest BCUT2D eigenvalue weighted by atomic mass is 35.5. The van der Waals surface area contributed by atoms with Crippen LogP contribution in [-0.2, 0) is 11.3 Å². The molecule has 1 aromatic carbocycles.